The third kappa shape index (κ3) is 2.51. The van der Waals surface area contributed by atoms with Gasteiger partial charge in [0, 0.05) is 6.04 Å². The fourth-order valence-electron chi connectivity index (χ4n) is 0.989. The standard InChI is InChI=1S/C9H12FNO/c10-6-8(11)5-7-1-3-9(12)4-2-7/h1-4,8,12H,5-6,11H2. The van der Waals surface area contributed by atoms with Crippen molar-refractivity contribution in [1.82, 2.24) is 0 Å². The molecule has 0 bridgehead atoms. The Labute approximate surface area is 70.8 Å². The summed E-state index contributed by atoms with van der Waals surface area (Å²) >= 11 is 0. The van der Waals surface area contributed by atoms with E-state index in [9.17, 15) is 4.39 Å². The molecule has 1 rings (SSSR count). The SMILES string of the molecule is NC(CF)Cc1ccc(O)cc1. The van der Waals surface area contributed by atoms with Crippen LogP contribution in [-0.4, -0.2) is 17.8 Å². The van der Waals surface area contributed by atoms with Crippen LogP contribution in [0.15, 0.2) is 24.3 Å². The number of phenolic OH excluding ortho intramolecular Hbond substituents is 1. The number of rotatable bonds is 3. The summed E-state index contributed by atoms with van der Waals surface area (Å²) < 4.78 is 12.0. The van der Waals surface area contributed by atoms with Gasteiger partial charge in [0.05, 0.1) is 0 Å². The molecule has 12 heavy (non-hydrogen) atoms. The van der Waals surface area contributed by atoms with Crippen molar-refractivity contribution >= 4 is 0 Å². The van der Waals surface area contributed by atoms with Crippen molar-refractivity contribution in [1.29, 1.82) is 0 Å². The number of nitrogens with two attached hydrogens (primary N) is 1. The molecule has 0 amide bonds. The highest BCUT2D eigenvalue weighted by molar-refractivity contribution is 5.26. The summed E-state index contributed by atoms with van der Waals surface area (Å²) in [6.45, 7) is -0.513. The first-order valence-electron chi connectivity index (χ1n) is 3.82. The Morgan fingerprint density at radius 1 is 1.33 bits per heavy atom. The van der Waals surface area contributed by atoms with E-state index in [-0.39, 0.29) is 5.75 Å². The van der Waals surface area contributed by atoms with Crippen LogP contribution >= 0.6 is 0 Å². The van der Waals surface area contributed by atoms with Crippen molar-refractivity contribution in [2.75, 3.05) is 6.67 Å². The highest BCUT2D eigenvalue weighted by Gasteiger charge is 2.02. The van der Waals surface area contributed by atoms with Crippen molar-refractivity contribution in [3.05, 3.63) is 29.8 Å². The maximum Gasteiger partial charge on any atom is 0.115 e. The van der Waals surface area contributed by atoms with Gasteiger partial charge in [-0.25, -0.2) is 4.39 Å². The Morgan fingerprint density at radius 3 is 2.42 bits per heavy atom. The lowest BCUT2D eigenvalue weighted by molar-refractivity contribution is 0.426. The Bertz CT molecular complexity index is 235. The van der Waals surface area contributed by atoms with Crippen molar-refractivity contribution in [2.45, 2.75) is 12.5 Å². The van der Waals surface area contributed by atoms with Crippen LogP contribution in [0.3, 0.4) is 0 Å². The van der Waals surface area contributed by atoms with Crippen LogP contribution in [0.5, 0.6) is 5.75 Å². The zero-order chi connectivity index (χ0) is 8.97. The molecule has 0 aromatic heterocycles. The van der Waals surface area contributed by atoms with E-state index in [2.05, 4.69) is 0 Å². The van der Waals surface area contributed by atoms with E-state index in [0.29, 0.717) is 6.42 Å². The second kappa shape index (κ2) is 4.07. The monoisotopic (exact) mass is 169 g/mol. The minimum atomic E-state index is -0.513. The second-order valence-corrected chi connectivity index (χ2v) is 2.78. The maximum absolute atomic E-state index is 12.0. The molecule has 0 saturated carbocycles. The molecule has 0 aliphatic carbocycles. The van der Waals surface area contributed by atoms with Crippen LogP contribution in [0.2, 0.25) is 0 Å². The van der Waals surface area contributed by atoms with Crippen LogP contribution in [-0.2, 0) is 6.42 Å². The lowest BCUT2D eigenvalue weighted by atomic mass is 10.1. The molecule has 3 heteroatoms. The van der Waals surface area contributed by atoms with Crippen LogP contribution < -0.4 is 5.73 Å². The minimum Gasteiger partial charge on any atom is -0.508 e. The largest absolute Gasteiger partial charge is 0.508 e. The molecule has 0 saturated heterocycles. The summed E-state index contributed by atoms with van der Waals surface area (Å²) in [7, 11) is 0. The van der Waals surface area contributed by atoms with E-state index < -0.39 is 12.7 Å². The van der Waals surface area contributed by atoms with Gasteiger partial charge in [-0.2, -0.15) is 0 Å². The Kier molecular flexibility index (Phi) is 3.05. The highest BCUT2D eigenvalue weighted by atomic mass is 19.1. The number of aromatic hydroxyl groups is 1. The second-order valence-electron chi connectivity index (χ2n) is 2.78. The number of halogens is 1. The summed E-state index contributed by atoms with van der Waals surface area (Å²) in [6, 6.07) is 6.19. The van der Waals surface area contributed by atoms with Crippen LogP contribution in [0.4, 0.5) is 4.39 Å². The zero-order valence-electron chi connectivity index (χ0n) is 6.70. The molecule has 1 aromatic carbocycles. The van der Waals surface area contributed by atoms with Gasteiger partial charge in [0.15, 0.2) is 0 Å². The van der Waals surface area contributed by atoms with Crippen LogP contribution in [0, 0.1) is 0 Å². The van der Waals surface area contributed by atoms with Crippen LogP contribution in [0.1, 0.15) is 5.56 Å². The summed E-state index contributed by atoms with van der Waals surface area (Å²) in [4.78, 5) is 0. The molecular formula is C9H12FNO. The van der Waals surface area contributed by atoms with E-state index in [4.69, 9.17) is 10.8 Å². The van der Waals surface area contributed by atoms with Gasteiger partial charge in [0.1, 0.15) is 12.4 Å². The van der Waals surface area contributed by atoms with Crippen molar-refractivity contribution < 1.29 is 9.50 Å². The number of hydrogen-bond donors (Lipinski definition) is 2. The summed E-state index contributed by atoms with van der Waals surface area (Å²) in [5.74, 6) is 0.215. The molecule has 0 radical (unpaired) electrons. The van der Waals surface area contributed by atoms with E-state index in [1.165, 1.54) is 0 Å². The lowest BCUT2D eigenvalue weighted by Gasteiger charge is -2.06. The fourth-order valence-corrected chi connectivity index (χ4v) is 0.989. The summed E-state index contributed by atoms with van der Waals surface area (Å²) in [6.07, 6.45) is 0.511. The molecule has 1 atom stereocenters. The van der Waals surface area contributed by atoms with Crippen molar-refractivity contribution in [3.63, 3.8) is 0 Å². The topological polar surface area (TPSA) is 46.2 Å². The van der Waals surface area contributed by atoms with Crippen molar-refractivity contribution in [3.8, 4) is 5.75 Å². The lowest BCUT2D eigenvalue weighted by Crippen LogP contribution is -2.24. The number of hydrogen-bond acceptors (Lipinski definition) is 2. The quantitative estimate of drug-likeness (QED) is 0.714. The predicted molar refractivity (Wildman–Crippen MR) is 45.8 cm³/mol. The molecule has 2 nitrogen and oxygen atoms in total. The average Bonchev–Trinajstić information content (AvgIpc) is 2.09. The van der Waals surface area contributed by atoms with E-state index >= 15 is 0 Å². The third-order valence-electron chi connectivity index (χ3n) is 1.63. The van der Waals surface area contributed by atoms with Gasteiger partial charge >= 0.3 is 0 Å². The first-order valence-corrected chi connectivity index (χ1v) is 3.82. The summed E-state index contributed by atoms with van der Waals surface area (Å²) in [5.41, 5.74) is 6.35. The molecular weight excluding hydrogens is 157 g/mol. The smallest absolute Gasteiger partial charge is 0.115 e. The maximum atomic E-state index is 12.0. The Balaban J connectivity index is 2.58. The molecule has 1 unspecified atom stereocenters. The van der Waals surface area contributed by atoms with Gasteiger partial charge < -0.3 is 10.8 Å². The normalized spacial score (nSPS) is 12.8. The molecule has 3 N–H and O–H groups in total. The first-order chi connectivity index (χ1) is 5.72. The van der Waals surface area contributed by atoms with Gasteiger partial charge in [-0.05, 0) is 24.1 Å². The molecule has 0 heterocycles. The molecule has 0 aliphatic rings. The third-order valence-corrected chi connectivity index (χ3v) is 1.63. The minimum absolute atomic E-state index is 0.215. The molecule has 0 aliphatic heterocycles. The van der Waals surface area contributed by atoms with Crippen molar-refractivity contribution in [2.24, 2.45) is 5.73 Å². The fraction of sp³-hybridized carbons (Fsp3) is 0.333. The number of benzene rings is 1. The van der Waals surface area contributed by atoms with E-state index in [1.807, 2.05) is 0 Å². The average molecular weight is 169 g/mol. The van der Waals surface area contributed by atoms with Gasteiger partial charge in [-0.1, -0.05) is 12.1 Å². The van der Waals surface area contributed by atoms with Gasteiger partial charge in [0.25, 0.3) is 0 Å². The number of alkyl halides is 1. The molecule has 1 aromatic rings. The predicted octanol–water partition coefficient (Wildman–Crippen LogP) is 1.23. The van der Waals surface area contributed by atoms with Gasteiger partial charge in [0.2, 0.25) is 0 Å². The van der Waals surface area contributed by atoms with Gasteiger partial charge in [-0.3, -0.25) is 0 Å². The summed E-state index contributed by atoms with van der Waals surface area (Å²) in [5, 5.41) is 8.94. The zero-order valence-corrected chi connectivity index (χ0v) is 6.70. The highest BCUT2D eigenvalue weighted by Crippen LogP contribution is 2.10. The van der Waals surface area contributed by atoms with E-state index in [0.717, 1.165) is 5.56 Å². The Morgan fingerprint density at radius 2 is 1.92 bits per heavy atom. The van der Waals surface area contributed by atoms with Crippen LogP contribution in [0.25, 0.3) is 0 Å². The molecule has 0 spiro atoms. The first kappa shape index (κ1) is 9.00. The van der Waals surface area contributed by atoms with E-state index in [1.54, 1.807) is 24.3 Å². The van der Waals surface area contributed by atoms with Gasteiger partial charge in [-0.15, -0.1) is 0 Å². The Hall–Kier alpha value is -1.09. The number of phenols is 1. The molecule has 0 fully saturated rings. The molecule has 66 valence electrons.